The number of hydrogen-bond donors (Lipinski definition) is 2. The molecule has 2 N–H and O–H groups in total. The third kappa shape index (κ3) is 4.62. The van der Waals surface area contributed by atoms with E-state index >= 15 is 0 Å². The van der Waals surface area contributed by atoms with Crippen LogP contribution in [0.15, 0.2) is 145 Å². The van der Waals surface area contributed by atoms with Gasteiger partial charge in [0.25, 0.3) is 0 Å². The van der Waals surface area contributed by atoms with Gasteiger partial charge in [-0.05, 0) is 69.9 Å². The van der Waals surface area contributed by atoms with E-state index in [2.05, 4.69) is 146 Å². The SMILES string of the molecule is CC1(C)C(c2ccc(Nc3ccccc3)cc2)=CC=C(Nc2ccccc2)C1c1cccc2ccccc12. The van der Waals surface area contributed by atoms with Crippen LogP contribution in [0.4, 0.5) is 17.1 Å². The molecule has 2 nitrogen and oxygen atoms in total. The summed E-state index contributed by atoms with van der Waals surface area (Å²) >= 11 is 0. The summed E-state index contributed by atoms with van der Waals surface area (Å²) in [5.41, 5.74) is 8.25. The van der Waals surface area contributed by atoms with Gasteiger partial charge in [-0.2, -0.15) is 0 Å². The second kappa shape index (κ2) is 10.1. The molecule has 0 aliphatic heterocycles. The van der Waals surface area contributed by atoms with Crippen LogP contribution < -0.4 is 10.6 Å². The molecule has 1 unspecified atom stereocenters. The Hall–Kier alpha value is -4.56. The molecule has 0 saturated carbocycles. The fraction of sp³-hybridized carbons (Fsp3) is 0.111. The Labute approximate surface area is 225 Å². The molecule has 5 aromatic carbocycles. The lowest BCUT2D eigenvalue weighted by Gasteiger charge is -2.42. The van der Waals surface area contributed by atoms with Crippen molar-refractivity contribution in [3.05, 3.63) is 156 Å². The summed E-state index contributed by atoms with van der Waals surface area (Å²) in [6, 6.07) is 45.0. The van der Waals surface area contributed by atoms with Crippen molar-refractivity contribution in [2.24, 2.45) is 5.41 Å². The van der Waals surface area contributed by atoms with Crippen LogP contribution >= 0.6 is 0 Å². The van der Waals surface area contributed by atoms with E-state index in [-0.39, 0.29) is 11.3 Å². The highest BCUT2D eigenvalue weighted by atomic mass is 14.9. The van der Waals surface area contributed by atoms with Crippen molar-refractivity contribution in [1.82, 2.24) is 0 Å². The highest BCUT2D eigenvalue weighted by molar-refractivity contribution is 5.88. The van der Waals surface area contributed by atoms with E-state index in [1.54, 1.807) is 0 Å². The molecule has 1 aliphatic rings. The Balaban J connectivity index is 1.42. The standard InChI is InChI=1S/C36H32N2/c1-36(2)33(27-20-22-30(23-21-27)37-28-14-5-3-6-15-28)24-25-34(38-29-16-7-4-8-17-29)35(36)32-19-11-13-26-12-9-10-18-31(26)32/h3-25,35,37-38H,1-2H3. The maximum absolute atomic E-state index is 3.76. The molecule has 0 heterocycles. The summed E-state index contributed by atoms with van der Waals surface area (Å²) in [6.07, 6.45) is 4.57. The highest BCUT2D eigenvalue weighted by Gasteiger charge is 2.40. The molecular weight excluding hydrogens is 460 g/mol. The predicted molar refractivity (Wildman–Crippen MR) is 163 cm³/mol. The largest absolute Gasteiger partial charge is 0.358 e. The lowest BCUT2D eigenvalue weighted by molar-refractivity contribution is 0.428. The van der Waals surface area contributed by atoms with Gasteiger partial charge in [0.1, 0.15) is 0 Å². The normalized spacial score (nSPS) is 16.4. The van der Waals surface area contributed by atoms with Crippen LogP contribution in [0, 0.1) is 5.41 Å². The first kappa shape index (κ1) is 23.8. The first-order chi connectivity index (χ1) is 18.6. The van der Waals surface area contributed by atoms with E-state index in [4.69, 9.17) is 0 Å². The lowest BCUT2D eigenvalue weighted by atomic mass is 9.64. The van der Waals surface area contributed by atoms with E-state index in [0.717, 1.165) is 17.1 Å². The molecule has 1 aliphatic carbocycles. The average Bonchev–Trinajstić information content (AvgIpc) is 2.95. The third-order valence-corrected chi connectivity index (χ3v) is 7.61. The minimum Gasteiger partial charge on any atom is -0.358 e. The molecule has 0 radical (unpaired) electrons. The third-order valence-electron chi connectivity index (χ3n) is 7.61. The zero-order valence-electron chi connectivity index (χ0n) is 21.9. The van der Waals surface area contributed by atoms with Gasteiger partial charge in [0.15, 0.2) is 0 Å². The van der Waals surface area contributed by atoms with Gasteiger partial charge in [-0.25, -0.2) is 0 Å². The summed E-state index contributed by atoms with van der Waals surface area (Å²) in [6.45, 7) is 4.75. The average molecular weight is 493 g/mol. The summed E-state index contributed by atoms with van der Waals surface area (Å²) in [5, 5.41) is 9.84. The van der Waals surface area contributed by atoms with Gasteiger partial charge in [0.2, 0.25) is 0 Å². The number of benzene rings is 5. The van der Waals surface area contributed by atoms with Crippen molar-refractivity contribution < 1.29 is 0 Å². The van der Waals surface area contributed by atoms with E-state index in [1.165, 1.54) is 33.2 Å². The van der Waals surface area contributed by atoms with E-state index < -0.39 is 0 Å². The van der Waals surface area contributed by atoms with Crippen molar-refractivity contribution in [1.29, 1.82) is 0 Å². The van der Waals surface area contributed by atoms with Gasteiger partial charge < -0.3 is 10.6 Å². The summed E-state index contributed by atoms with van der Waals surface area (Å²) in [4.78, 5) is 0. The topological polar surface area (TPSA) is 24.1 Å². The van der Waals surface area contributed by atoms with E-state index in [1.807, 2.05) is 18.2 Å². The Bertz CT molecular complexity index is 1610. The molecule has 5 aromatic rings. The summed E-state index contributed by atoms with van der Waals surface area (Å²) in [7, 11) is 0. The fourth-order valence-corrected chi connectivity index (χ4v) is 5.78. The number of anilines is 3. The number of allylic oxidation sites excluding steroid dienone is 4. The zero-order valence-corrected chi connectivity index (χ0v) is 21.9. The van der Waals surface area contributed by atoms with Crippen molar-refractivity contribution in [3.63, 3.8) is 0 Å². The number of nitrogens with one attached hydrogen (secondary N) is 2. The monoisotopic (exact) mass is 492 g/mol. The van der Waals surface area contributed by atoms with Crippen LogP contribution in [-0.2, 0) is 0 Å². The van der Waals surface area contributed by atoms with Gasteiger partial charge in [0.05, 0.1) is 0 Å². The van der Waals surface area contributed by atoms with Gasteiger partial charge in [-0.15, -0.1) is 0 Å². The molecule has 6 rings (SSSR count). The van der Waals surface area contributed by atoms with Crippen LogP contribution in [0.25, 0.3) is 16.3 Å². The quantitative estimate of drug-likeness (QED) is 0.246. The van der Waals surface area contributed by atoms with Crippen LogP contribution in [0.2, 0.25) is 0 Å². The van der Waals surface area contributed by atoms with Gasteiger partial charge in [0, 0.05) is 34.1 Å². The van der Waals surface area contributed by atoms with Gasteiger partial charge >= 0.3 is 0 Å². The van der Waals surface area contributed by atoms with E-state index in [9.17, 15) is 0 Å². The molecule has 0 bridgehead atoms. The Morgan fingerprint density at radius 2 is 1.11 bits per heavy atom. The van der Waals surface area contributed by atoms with Crippen molar-refractivity contribution >= 4 is 33.4 Å². The molecule has 1 atom stereocenters. The van der Waals surface area contributed by atoms with Crippen molar-refractivity contribution in [2.45, 2.75) is 19.8 Å². The van der Waals surface area contributed by atoms with Crippen LogP contribution in [-0.4, -0.2) is 0 Å². The number of para-hydroxylation sites is 2. The summed E-state index contributed by atoms with van der Waals surface area (Å²) in [5.74, 6) is 0.149. The maximum Gasteiger partial charge on any atom is 0.0384 e. The number of rotatable bonds is 6. The molecule has 38 heavy (non-hydrogen) atoms. The first-order valence-electron chi connectivity index (χ1n) is 13.2. The molecular formula is C36H32N2. The highest BCUT2D eigenvalue weighted by Crippen LogP contribution is 2.53. The van der Waals surface area contributed by atoms with Gasteiger partial charge in [-0.3, -0.25) is 0 Å². The molecule has 0 aromatic heterocycles. The van der Waals surface area contributed by atoms with Crippen LogP contribution in [0.1, 0.15) is 30.9 Å². The number of hydrogen-bond acceptors (Lipinski definition) is 2. The Morgan fingerprint density at radius 3 is 1.82 bits per heavy atom. The zero-order chi connectivity index (χ0) is 26.0. The van der Waals surface area contributed by atoms with Gasteiger partial charge in [-0.1, -0.05) is 111 Å². The fourth-order valence-electron chi connectivity index (χ4n) is 5.78. The number of fused-ring (bicyclic) bond motifs is 1. The minimum atomic E-state index is -0.162. The first-order valence-corrected chi connectivity index (χ1v) is 13.2. The second-order valence-corrected chi connectivity index (χ2v) is 10.5. The summed E-state index contributed by atoms with van der Waals surface area (Å²) < 4.78 is 0. The van der Waals surface area contributed by atoms with Crippen LogP contribution in [0.3, 0.4) is 0 Å². The molecule has 0 saturated heterocycles. The second-order valence-electron chi connectivity index (χ2n) is 10.5. The smallest absolute Gasteiger partial charge is 0.0384 e. The molecule has 2 heteroatoms. The lowest BCUT2D eigenvalue weighted by Crippen LogP contribution is -2.30. The van der Waals surface area contributed by atoms with Crippen molar-refractivity contribution in [2.75, 3.05) is 10.6 Å². The minimum absolute atomic E-state index is 0.149. The molecule has 0 fully saturated rings. The Kier molecular flexibility index (Phi) is 6.31. The predicted octanol–water partition coefficient (Wildman–Crippen LogP) is 9.79. The maximum atomic E-state index is 3.76. The van der Waals surface area contributed by atoms with E-state index in [0.29, 0.717) is 0 Å². The Morgan fingerprint density at radius 1 is 0.526 bits per heavy atom. The molecule has 0 spiro atoms. The van der Waals surface area contributed by atoms with Crippen molar-refractivity contribution in [3.8, 4) is 0 Å². The molecule has 0 amide bonds. The molecule has 186 valence electrons. The van der Waals surface area contributed by atoms with Crippen LogP contribution in [0.5, 0.6) is 0 Å².